The average Bonchev–Trinajstić information content (AvgIpc) is 2.28. The molecule has 0 saturated carbocycles. The molecule has 4 heteroatoms. The number of nitrogens with one attached hydrogen (secondary N) is 2. The van der Waals surface area contributed by atoms with Crippen molar-refractivity contribution in [3.8, 4) is 0 Å². The molecule has 0 unspecified atom stereocenters. The minimum Gasteiger partial charge on any atom is -0.352 e. The lowest BCUT2D eigenvalue weighted by Crippen LogP contribution is -2.48. The van der Waals surface area contributed by atoms with Gasteiger partial charge in [0.2, 0.25) is 0 Å². The van der Waals surface area contributed by atoms with Gasteiger partial charge >= 0.3 is 0 Å². The number of carbonyl (C=O) groups excluding carboxylic acids is 1. The zero-order valence-electron chi connectivity index (χ0n) is 10.0. The van der Waals surface area contributed by atoms with Gasteiger partial charge in [-0.15, -0.1) is 0 Å². The second-order valence-corrected chi connectivity index (χ2v) is 5.23. The summed E-state index contributed by atoms with van der Waals surface area (Å²) >= 11 is 1.79. The molecule has 1 amide bonds. The highest BCUT2D eigenvalue weighted by Gasteiger charge is 2.17. The fourth-order valence-electron chi connectivity index (χ4n) is 1.75. The SMILES string of the molecule is CSCc1ccc(C(=O)NCC2CNC2)cc1. The van der Waals surface area contributed by atoms with E-state index in [9.17, 15) is 4.79 Å². The predicted molar refractivity (Wildman–Crippen MR) is 72.4 cm³/mol. The summed E-state index contributed by atoms with van der Waals surface area (Å²) in [5, 5.41) is 6.16. The number of rotatable bonds is 5. The summed E-state index contributed by atoms with van der Waals surface area (Å²) in [6, 6.07) is 7.85. The molecule has 2 rings (SSSR count). The summed E-state index contributed by atoms with van der Waals surface area (Å²) in [6.07, 6.45) is 2.08. The molecule has 0 bridgehead atoms. The molecule has 1 fully saturated rings. The second kappa shape index (κ2) is 6.07. The number of hydrogen-bond acceptors (Lipinski definition) is 3. The van der Waals surface area contributed by atoms with Crippen molar-refractivity contribution in [2.75, 3.05) is 25.9 Å². The smallest absolute Gasteiger partial charge is 0.251 e. The Labute approximate surface area is 106 Å². The Balaban J connectivity index is 1.84. The molecule has 2 N–H and O–H groups in total. The molecule has 1 aromatic carbocycles. The fourth-order valence-corrected chi connectivity index (χ4v) is 2.28. The van der Waals surface area contributed by atoms with Crippen molar-refractivity contribution >= 4 is 17.7 Å². The first kappa shape index (κ1) is 12.5. The van der Waals surface area contributed by atoms with Gasteiger partial charge < -0.3 is 10.6 Å². The van der Waals surface area contributed by atoms with Gasteiger partial charge in [0.05, 0.1) is 0 Å². The third-order valence-electron chi connectivity index (χ3n) is 2.94. The minimum absolute atomic E-state index is 0.0348. The molecule has 3 nitrogen and oxygen atoms in total. The Morgan fingerprint density at radius 1 is 1.41 bits per heavy atom. The first-order valence-electron chi connectivity index (χ1n) is 5.86. The zero-order chi connectivity index (χ0) is 12.1. The molecule has 1 saturated heterocycles. The molecule has 17 heavy (non-hydrogen) atoms. The van der Waals surface area contributed by atoms with Crippen LogP contribution < -0.4 is 10.6 Å². The van der Waals surface area contributed by atoms with E-state index in [1.54, 1.807) is 11.8 Å². The minimum atomic E-state index is 0.0348. The van der Waals surface area contributed by atoms with E-state index < -0.39 is 0 Å². The number of carbonyl (C=O) groups is 1. The molecule has 1 heterocycles. The zero-order valence-corrected chi connectivity index (χ0v) is 10.8. The standard InChI is InChI=1S/C13H18N2OS/c1-17-9-10-2-4-12(5-3-10)13(16)15-8-11-6-14-7-11/h2-5,11,14H,6-9H2,1H3,(H,15,16). The van der Waals surface area contributed by atoms with Crippen LogP contribution in [0.2, 0.25) is 0 Å². The van der Waals surface area contributed by atoms with E-state index >= 15 is 0 Å². The van der Waals surface area contributed by atoms with Crippen LogP contribution in [0.5, 0.6) is 0 Å². The highest BCUT2D eigenvalue weighted by atomic mass is 32.2. The van der Waals surface area contributed by atoms with E-state index in [1.807, 2.05) is 24.3 Å². The lowest BCUT2D eigenvalue weighted by atomic mass is 10.0. The van der Waals surface area contributed by atoms with Crippen molar-refractivity contribution in [1.29, 1.82) is 0 Å². The van der Waals surface area contributed by atoms with Gasteiger partial charge in [-0.2, -0.15) is 11.8 Å². The molecular weight excluding hydrogens is 232 g/mol. The Bertz CT molecular complexity index is 374. The first-order chi connectivity index (χ1) is 8.29. The van der Waals surface area contributed by atoms with Gasteiger partial charge in [-0.05, 0) is 24.0 Å². The molecule has 0 radical (unpaired) electrons. The maximum atomic E-state index is 11.8. The van der Waals surface area contributed by atoms with Gasteiger partial charge in [-0.1, -0.05) is 12.1 Å². The van der Waals surface area contributed by atoms with Gasteiger partial charge in [-0.25, -0.2) is 0 Å². The van der Waals surface area contributed by atoms with Gasteiger partial charge in [0.15, 0.2) is 0 Å². The molecule has 1 aromatic rings. The molecular formula is C13H18N2OS. The van der Waals surface area contributed by atoms with Crippen LogP contribution in [0, 0.1) is 5.92 Å². The van der Waals surface area contributed by atoms with Crippen molar-refractivity contribution in [2.45, 2.75) is 5.75 Å². The van der Waals surface area contributed by atoms with Gasteiger partial charge in [0.1, 0.15) is 0 Å². The summed E-state index contributed by atoms with van der Waals surface area (Å²) in [7, 11) is 0. The Morgan fingerprint density at radius 2 is 2.12 bits per heavy atom. The lowest BCUT2D eigenvalue weighted by Gasteiger charge is -2.27. The summed E-state index contributed by atoms with van der Waals surface area (Å²) in [5.41, 5.74) is 2.01. The molecule has 0 spiro atoms. The molecule has 0 aromatic heterocycles. The van der Waals surface area contributed by atoms with E-state index in [1.165, 1.54) is 5.56 Å². The summed E-state index contributed by atoms with van der Waals surface area (Å²) < 4.78 is 0. The van der Waals surface area contributed by atoms with Gasteiger partial charge in [-0.3, -0.25) is 4.79 Å². The van der Waals surface area contributed by atoms with Crippen LogP contribution >= 0.6 is 11.8 Å². The van der Waals surface area contributed by atoms with E-state index in [-0.39, 0.29) is 5.91 Å². The highest BCUT2D eigenvalue weighted by Crippen LogP contribution is 2.10. The fraction of sp³-hybridized carbons (Fsp3) is 0.462. The summed E-state index contributed by atoms with van der Waals surface area (Å²) in [4.78, 5) is 11.8. The van der Waals surface area contributed by atoms with Crippen molar-refractivity contribution in [3.63, 3.8) is 0 Å². The summed E-state index contributed by atoms with van der Waals surface area (Å²) in [5.74, 6) is 1.64. The topological polar surface area (TPSA) is 41.1 Å². The number of benzene rings is 1. The van der Waals surface area contributed by atoms with Crippen molar-refractivity contribution in [3.05, 3.63) is 35.4 Å². The maximum Gasteiger partial charge on any atom is 0.251 e. The van der Waals surface area contributed by atoms with Gasteiger partial charge in [0.25, 0.3) is 5.91 Å². The highest BCUT2D eigenvalue weighted by molar-refractivity contribution is 7.97. The number of thioether (sulfide) groups is 1. The maximum absolute atomic E-state index is 11.8. The largest absolute Gasteiger partial charge is 0.352 e. The van der Waals surface area contributed by atoms with E-state index in [0.717, 1.165) is 31.0 Å². The Kier molecular flexibility index (Phi) is 4.45. The predicted octanol–water partition coefficient (Wildman–Crippen LogP) is 1.50. The lowest BCUT2D eigenvalue weighted by molar-refractivity contribution is 0.0942. The molecule has 1 aliphatic heterocycles. The van der Waals surface area contributed by atoms with E-state index in [0.29, 0.717) is 5.92 Å². The van der Waals surface area contributed by atoms with Crippen molar-refractivity contribution < 1.29 is 4.79 Å². The van der Waals surface area contributed by atoms with Gasteiger partial charge in [0, 0.05) is 36.9 Å². The van der Waals surface area contributed by atoms with Crippen LogP contribution in [-0.4, -0.2) is 31.8 Å². The van der Waals surface area contributed by atoms with Crippen LogP contribution in [0.25, 0.3) is 0 Å². The van der Waals surface area contributed by atoms with Crippen LogP contribution in [0.15, 0.2) is 24.3 Å². The molecule has 92 valence electrons. The van der Waals surface area contributed by atoms with Crippen molar-refractivity contribution in [1.82, 2.24) is 10.6 Å². The molecule has 0 aliphatic carbocycles. The normalized spacial score (nSPS) is 15.4. The van der Waals surface area contributed by atoms with Crippen LogP contribution in [-0.2, 0) is 5.75 Å². The summed E-state index contributed by atoms with van der Waals surface area (Å²) in [6.45, 7) is 2.82. The van der Waals surface area contributed by atoms with Crippen LogP contribution in [0.4, 0.5) is 0 Å². The van der Waals surface area contributed by atoms with E-state index in [2.05, 4.69) is 16.9 Å². The molecule has 1 aliphatic rings. The van der Waals surface area contributed by atoms with E-state index in [4.69, 9.17) is 0 Å². The third kappa shape index (κ3) is 3.48. The average molecular weight is 250 g/mol. The number of hydrogen-bond donors (Lipinski definition) is 2. The Hall–Kier alpha value is -1.00. The van der Waals surface area contributed by atoms with Crippen LogP contribution in [0.1, 0.15) is 15.9 Å². The van der Waals surface area contributed by atoms with Crippen molar-refractivity contribution in [2.24, 2.45) is 5.92 Å². The number of amides is 1. The third-order valence-corrected chi connectivity index (χ3v) is 3.57. The monoisotopic (exact) mass is 250 g/mol. The molecule has 0 atom stereocenters. The quantitative estimate of drug-likeness (QED) is 0.832. The second-order valence-electron chi connectivity index (χ2n) is 4.36. The Morgan fingerprint density at radius 3 is 2.65 bits per heavy atom. The van der Waals surface area contributed by atoms with Crippen LogP contribution in [0.3, 0.4) is 0 Å². The first-order valence-corrected chi connectivity index (χ1v) is 7.26.